The van der Waals surface area contributed by atoms with Gasteiger partial charge in [0.1, 0.15) is 17.2 Å². The van der Waals surface area contributed by atoms with Crippen molar-refractivity contribution in [3.63, 3.8) is 0 Å². The second-order valence-corrected chi connectivity index (χ2v) is 6.72. The van der Waals surface area contributed by atoms with Crippen LogP contribution in [0.25, 0.3) is 11.5 Å². The fraction of sp³-hybridized carbons (Fsp3) is 0.0455. The van der Waals surface area contributed by atoms with Gasteiger partial charge in [0.2, 0.25) is 5.91 Å². The standard InChI is InChI=1S/C22H17F2N5O2/c1-14(30)26-17-4-6-18(7-5-17)27-21(31)20-13-25-29(22(20)28-8-2-3-9-28)19-11-15(23)10-16(24)12-19/h2-13H,1H3,(H,26,30)(H,27,31). The van der Waals surface area contributed by atoms with Gasteiger partial charge in [-0.15, -0.1) is 0 Å². The van der Waals surface area contributed by atoms with Gasteiger partial charge in [0.25, 0.3) is 5.91 Å². The molecule has 156 valence electrons. The van der Waals surface area contributed by atoms with Crippen LogP contribution in [0.1, 0.15) is 17.3 Å². The Kier molecular flexibility index (Phi) is 5.31. The number of halogens is 2. The second kappa shape index (κ2) is 8.23. The van der Waals surface area contributed by atoms with Crippen LogP contribution in [0.2, 0.25) is 0 Å². The normalized spacial score (nSPS) is 10.7. The van der Waals surface area contributed by atoms with Crippen molar-refractivity contribution in [3.8, 4) is 11.5 Å². The van der Waals surface area contributed by atoms with Gasteiger partial charge in [-0.05, 0) is 48.5 Å². The first-order valence-electron chi connectivity index (χ1n) is 9.27. The molecule has 0 saturated carbocycles. The van der Waals surface area contributed by atoms with Crippen molar-refractivity contribution < 1.29 is 18.4 Å². The maximum atomic E-state index is 13.8. The monoisotopic (exact) mass is 421 g/mol. The zero-order valence-electron chi connectivity index (χ0n) is 16.3. The average molecular weight is 421 g/mol. The van der Waals surface area contributed by atoms with Crippen LogP contribution in [0, 0.1) is 11.6 Å². The van der Waals surface area contributed by atoms with E-state index in [2.05, 4.69) is 15.7 Å². The molecule has 4 rings (SSSR count). The van der Waals surface area contributed by atoms with Gasteiger partial charge < -0.3 is 15.2 Å². The van der Waals surface area contributed by atoms with Crippen molar-refractivity contribution in [2.75, 3.05) is 10.6 Å². The van der Waals surface area contributed by atoms with Crippen LogP contribution in [-0.2, 0) is 4.79 Å². The number of benzene rings is 2. The lowest BCUT2D eigenvalue weighted by molar-refractivity contribution is -0.114. The maximum absolute atomic E-state index is 13.8. The first-order valence-corrected chi connectivity index (χ1v) is 9.27. The molecule has 0 aliphatic rings. The molecule has 2 N–H and O–H groups in total. The number of aromatic nitrogens is 3. The Balaban J connectivity index is 1.69. The summed E-state index contributed by atoms with van der Waals surface area (Å²) < 4.78 is 30.4. The molecule has 0 radical (unpaired) electrons. The fourth-order valence-electron chi connectivity index (χ4n) is 3.12. The molecule has 0 atom stereocenters. The van der Waals surface area contributed by atoms with Gasteiger partial charge in [0, 0.05) is 36.8 Å². The SMILES string of the molecule is CC(=O)Nc1ccc(NC(=O)c2cnn(-c3cc(F)cc(F)c3)c2-n2cccc2)cc1. The largest absolute Gasteiger partial charge is 0.326 e. The minimum Gasteiger partial charge on any atom is -0.326 e. The van der Waals surface area contributed by atoms with Gasteiger partial charge in [-0.25, -0.2) is 13.5 Å². The van der Waals surface area contributed by atoms with E-state index in [1.54, 1.807) is 53.4 Å². The van der Waals surface area contributed by atoms with E-state index in [9.17, 15) is 18.4 Å². The smallest absolute Gasteiger partial charge is 0.261 e. The Morgan fingerprint density at radius 3 is 2.06 bits per heavy atom. The third kappa shape index (κ3) is 4.35. The molecule has 9 heteroatoms. The van der Waals surface area contributed by atoms with Crippen LogP contribution < -0.4 is 10.6 Å². The minimum atomic E-state index is -0.755. The Morgan fingerprint density at radius 2 is 1.48 bits per heavy atom. The number of rotatable bonds is 5. The quantitative estimate of drug-likeness (QED) is 0.508. The highest BCUT2D eigenvalue weighted by Crippen LogP contribution is 2.23. The Hall–Kier alpha value is -4.27. The molecule has 2 amide bonds. The van der Waals surface area contributed by atoms with E-state index in [-0.39, 0.29) is 17.2 Å². The molecule has 0 bridgehead atoms. The first kappa shape index (κ1) is 20.0. The van der Waals surface area contributed by atoms with Crippen molar-refractivity contribution in [2.45, 2.75) is 6.92 Å². The molecule has 2 heterocycles. The molecule has 2 aromatic heterocycles. The van der Waals surface area contributed by atoms with Gasteiger partial charge in [0.15, 0.2) is 5.82 Å². The van der Waals surface area contributed by atoms with Crippen molar-refractivity contribution in [3.05, 3.63) is 90.4 Å². The number of nitrogens with one attached hydrogen (secondary N) is 2. The van der Waals surface area contributed by atoms with Crippen molar-refractivity contribution in [1.29, 1.82) is 0 Å². The van der Waals surface area contributed by atoms with E-state index in [4.69, 9.17) is 0 Å². The molecule has 0 spiro atoms. The average Bonchev–Trinajstić information content (AvgIpc) is 3.37. The lowest BCUT2D eigenvalue weighted by atomic mass is 10.2. The van der Waals surface area contributed by atoms with Crippen LogP contribution in [0.5, 0.6) is 0 Å². The van der Waals surface area contributed by atoms with Gasteiger partial charge >= 0.3 is 0 Å². The summed E-state index contributed by atoms with van der Waals surface area (Å²) in [5.74, 6) is -1.85. The molecule has 2 aromatic carbocycles. The van der Waals surface area contributed by atoms with Crippen LogP contribution in [0.15, 0.2) is 73.2 Å². The van der Waals surface area contributed by atoms with Crippen molar-refractivity contribution in [2.24, 2.45) is 0 Å². The second-order valence-electron chi connectivity index (χ2n) is 6.72. The van der Waals surface area contributed by atoms with E-state index < -0.39 is 17.5 Å². The summed E-state index contributed by atoms with van der Waals surface area (Å²) in [5, 5.41) is 9.60. The number of anilines is 2. The van der Waals surface area contributed by atoms with Crippen LogP contribution in [0.4, 0.5) is 20.2 Å². The molecule has 0 unspecified atom stereocenters. The predicted molar refractivity (Wildman–Crippen MR) is 112 cm³/mol. The highest BCUT2D eigenvalue weighted by molar-refractivity contribution is 6.06. The Bertz CT molecular complexity index is 1230. The number of nitrogens with zero attached hydrogens (tertiary/aromatic N) is 3. The molecule has 0 aliphatic heterocycles. The van der Waals surface area contributed by atoms with E-state index in [0.717, 1.165) is 18.2 Å². The molecule has 0 aliphatic carbocycles. The number of amides is 2. The molecule has 0 fully saturated rings. The van der Waals surface area contributed by atoms with Crippen molar-refractivity contribution >= 4 is 23.2 Å². The third-order valence-electron chi connectivity index (χ3n) is 4.39. The number of hydrogen-bond donors (Lipinski definition) is 2. The maximum Gasteiger partial charge on any atom is 0.261 e. The number of hydrogen-bond acceptors (Lipinski definition) is 3. The van der Waals surface area contributed by atoms with E-state index >= 15 is 0 Å². The van der Waals surface area contributed by atoms with Gasteiger partial charge in [0.05, 0.1) is 11.9 Å². The summed E-state index contributed by atoms with van der Waals surface area (Å²) in [6.07, 6.45) is 4.73. The zero-order chi connectivity index (χ0) is 22.0. The fourth-order valence-corrected chi connectivity index (χ4v) is 3.12. The number of carbonyl (C=O) groups excluding carboxylic acids is 2. The topological polar surface area (TPSA) is 81.0 Å². The summed E-state index contributed by atoms with van der Waals surface area (Å²) in [6, 6.07) is 13.1. The molecule has 31 heavy (non-hydrogen) atoms. The van der Waals surface area contributed by atoms with Gasteiger partial charge in [-0.3, -0.25) is 9.59 Å². The Morgan fingerprint density at radius 1 is 0.903 bits per heavy atom. The lowest BCUT2D eigenvalue weighted by Gasteiger charge is -2.12. The molecular weight excluding hydrogens is 404 g/mol. The van der Waals surface area contributed by atoms with Gasteiger partial charge in [-0.2, -0.15) is 5.10 Å². The van der Waals surface area contributed by atoms with Crippen molar-refractivity contribution in [1.82, 2.24) is 14.3 Å². The molecule has 4 aromatic rings. The van der Waals surface area contributed by atoms with Crippen LogP contribution in [0.3, 0.4) is 0 Å². The summed E-state index contributed by atoms with van der Waals surface area (Å²) in [4.78, 5) is 24.1. The van der Waals surface area contributed by atoms with Gasteiger partial charge in [-0.1, -0.05) is 0 Å². The van der Waals surface area contributed by atoms with E-state index in [1.807, 2.05) is 0 Å². The zero-order valence-corrected chi connectivity index (χ0v) is 16.3. The first-order chi connectivity index (χ1) is 14.9. The molecule has 0 saturated heterocycles. The van der Waals surface area contributed by atoms with E-state index in [0.29, 0.717) is 17.2 Å². The van der Waals surface area contributed by atoms with E-state index in [1.165, 1.54) is 17.8 Å². The molecule has 7 nitrogen and oxygen atoms in total. The summed E-state index contributed by atoms with van der Waals surface area (Å²) in [6.45, 7) is 1.40. The van der Waals surface area contributed by atoms with Crippen LogP contribution in [-0.4, -0.2) is 26.2 Å². The third-order valence-corrected chi connectivity index (χ3v) is 4.39. The van der Waals surface area contributed by atoms with Crippen LogP contribution >= 0.6 is 0 Å². The summed E-state index contributed by atoms with van der Waals surface area (Å²) in [5.41, 5.74) is 1.44. The number of carbonyl (C=O) groups is 2. The minimum absolute atomic E-state index is 0.139. The summed E-state index contributed by atoms with van der Waals surface area (Å²) in [7, 11) is 0. The summed E-state index contributed by atoms with van der Waals surface area (Å²) >= 11 is 0. The molecular formula is C22H17F2N5O2. The predicted octanol–water partition coefficient (Wildman–Crippen LogP) is 4.15. The Labute approximate surface area is 175 Å². The highest BCUT2D eigenvalue weighted by atomic mass is 19.1. The lowest BCUT2D eigenvalue weighted by Crippen LogP contribution is -2.15. The highest BCUT2D eigenvalue weighted by Gasteiger charge is 2.21.